The molecule has 3 heterocycles. The van der Waals surface area contributed by atoms with Crippen molar-refractivity contribution in [2.24, 2.45) is 4.99 Å². The summed E-state index contributed by atoms with van der Waals surface area (Å²) in [6.45, 7) is 4.11. The molecule has 0 unspecified atom stereocenters. The normalized spacial score (nSPS) is 16.4. The minimum absolute atomic E-state index is 0.757. The van der Waals surface area contributed by atoms with Crippen molar-refractivity contribution in [2.45, 2.75) is 13.8 Å². The highest BCUT2D eigenvalue weighted by atomic mass is 16.5. The van der Waals surface area contributed by atoms with E-state index < -0.39 is 0 Å². The lowest BCUT2D eigenvalue weighted by Crippen LogP contribution is -1.89. The fourth-order valence-corrected chi connectivity index (χ4v) is 2.28. The highest BCUT2D eigenvalue weighted by Crippen LogP contribution is 2.26. The quantitative estimate of drug-likeness (QED) is 0.924. The van der Waals surface area contributed by atoms with Gasteiger partial charge in [-0.3, -0.25) is 0 Å². The first kappa shape index (κ1) is 12.5. The molecule has 0 aromatic carbocycles. The number of nitrogens with one attached hydrogen (secondary N) is 1. The number of aromatic nitrogens is 1. The molecular weight excluding hydrogens is 252 g/mol. The Kier molecular flexibility index (Phi) is 3.06. The van der Waals surface area contributed by atoms with Crippen molar-refractivity contribution in [3.8, 4) is 0 Å². The zero-order valence-electron chi connectivity index (χ0n) is 11.7. The molecule has 0 aliphatic carbocycles. The zero-order chi connectivity index (χ0) is 14.1. The van der Waals surface area contributed by atoms with Crippen LogP contribution < -0.4 is 0 Å². The summed E-state index contributed by atoms with van der Waals surface area (Å²) in [5.41, 5.74) is 5.99. The van der Waals surface area contributed by atoms with E-state index in [4.69, 9.17) is 9.15 Å². The molecule has 4 heteroatoms. The van der Waals surface area contributed by atoms with Crippen molar-refractivity contribution >= 4 is 11.8 Å². The van der Waals surface area contributed by atoms with E-state index in [1.807, 2.05) is 25.1 Å². The van der Waals surface area contributed by atoms with Crippen LogP contribution in [0.15, 0.2) is 51.6 Å². The number of ether oxygens (including phenoxy) is 1. The Morgan fingerprint density at radius 2 is 2.20 bits per heavy atom. The molecule has 1 aliphatic rings. The second kappa shape index (κ2) is 4.89. The number of allylic oxidation sites excluding steroid dienone is 1. The molecule has 0 fully saturated rings. The van der Waals surface area contributed by atoms with Crippen molar-refractivity contribution in [1.82, 2.24) is 4.98 Å². The van der Waals surface area contributed by atoms with Crippen LogP contribution in [0.3, 0.4) is 0 Å². The smallest absolute Gasteiger partial charge is 0.146 e. The van der Waals surface area contributed by atoms with Crippen molar-refractivity contribution < 1.29 is 9.15 Å². The lowest BCUT2D eigenvalue weighted by molar-refractivity contribution is 0.303. The summed E-state index contributed by atoms with van der Waals surface area (Å²) < 4.78 is 10.5. The van der Waals surface area contributed by atoms with Gasteiger partial charge in [-0.25, -0.2) is 4.99 Å². The summed E-state index contributed by atoms with van der Waals surface area (Å²) in [5.74, 6) is 0.757. The van der Waals surface area contributed by atoms with Gasteiger partial charge in [-0.1, -0.05) is 0 Å². The number of furan rings is 1. The molecule has 0 bridgehead atoms. The lowest BCUT2D eigenvalue weighted by Gasteiger charge is -2.01. The van der Waals surface area contributed by atoms with E-state index in [-0.39, 0.29) is 0 Å². The van der Waals surface area contributed by atoms with E-state index in [1.54, 1.807) is 19.6 Å². The van der Waals surface area contributed by atoms with Gasteiger partial charge in [-0.05, 0) is 37.6 Å². The molecular formula is C16H16N2O2. The predicted molar refractivity (Wildman–Crippen MR) is 78.6 cm³/mol. The van der Waals surface area contributed by atoms with Crippen LogP contribution >= 0.6 is 0 Å². The Labute approximate surface area is 117 Å². The van der Waals surface area contributed by atoms with E-state index in [0.29, 0.717) is 0 Å². The van der Waals surface area contributed by atoms with Crippen LogP contribution in [0.2, 0.25) is 0 Å². The number of H-pyrrole nitrogens is 1. The SMILES string of the molecule is COC1=CC(c2ccoc2)=N/C1=C/c1[nH]c(C)cc1C. The van der Waals surface area contributed by atoms with Gasteiger partial charge in [-0.2, -0.15) is 0 Å². The van der Waals surface area contributed by atoms with Crippen LogP contribution in [0.25, 0.3) is 6.08 Å². The van der Waals surface area contributed by atoms with Crippen LogP contribution in [0.1, 0.15) is 22.5 Å². The largest absolute Gasteiger partial charge is 0.494 e. The van der Waals surface area contributed by atoms with E-state index in [1.165, 1.54) is 5.56 Å². The summed E-state index contributed by atoms with van der Waals surface area (Å²) in [6.07, 6.45) is 7.24. The first-order valence-electron chi connectivity index (χ1n) is 6.42. The van der Waals surface area contributed by atoms with Crippen LogP contribution in [0.5, 0.6) is 0 Å². The van der Waals surface area contributed by atoms with Gasteiger partial charge in [0, 0.05) is 23.0 Å². The van der Waals surface area contributed by atoms with Crippen molar-refractivity contribution in [3.05, 3.63) is 64.7 Å². The molecule has 20 heavy (non-hydrogen) atoms. The Hall–Kier alpha value is -2.49. The third kappa shape index (κ3) is 2.20. The fourth-order valence-electron chi connectivity index (χ4n) is 2.28. The van der Waals surface area contributed by atoms with E-state index in [2.05, 4.69) is 23.0 Å². The fraction of sp³-hybridized carbons (Fsp3) is 0.188. The monoisotopic (exact) mass is 268 g/mol. The van der Waals surface area contributed by atoms with Gasteiger partial charge >= 0.3 is 0 Å². The second-order valence-corrected chi connectivity index (χ2v) is 4.80. The van der Waals surface area contributed by atoms with Gasteiger partial charge in [0.2, 0.25) is 0 Å². The maximum atomic E-state index is 5.40. The van der Waals surface area contributed by atoms with Crippen molar-refractivity contribution in [3.63, 3.8) is 0 Å². The van der Waals surface area contributed by atoms with E-state index in [0.717, 1.165) is 34.1 Å². The third-order valence-corrected chi connectivity index (χ3v) is 3.27. The molecule has 4 nitrogen and oxygen atoms in total. The Morgan fingerprint density at radius 3 is 2.80 bits per heavy atom. The number of hydrogen-bond donors (Lipinski definition) is 1. The molecule has 3 rings (SSSR count). The highest BCUT2D eigenvalue weighted by molar-refractivity contribution is 6.11. The minimum Gasteiger partial charge on any atom is -0.494 e. The Balaban J connectivity index is 2.01. The number of aryl methyl sites for hydroxylation is 2. The second-order valence-electron chi connectivity index (χ2n) is 4.80. The average Bonchev–Trinajstić information content (AvgIpc) is 3.11. The summed E-state index contributed by atoms with van der Waals surface area (Å²) >= 11 is 0. The third-order valence-electron chi connectivity index (χ3n) is 3.27. The highest BCUT2D eigenvalue weighted by Gasteiger charge is 2.17. The van der Waals surface area contributed by atoms with Crippen molar-refractivity contribution in [2.75, 3.05) is 7.11 Å². The van der Waals surface area contributed by atoms with Gasteiger partial charge in [0.15, 0.2) is 0 Å². The molecule has 1 aliphatic heterocycles. The van der Waals surface area contributed by atoms with E-state index >= 15 is 0 Å². The molecule has 0 atom stereocenters. The summed E-state index contributed by atoms with van der Waals surface area (Å²) in [6, 6.07) is 3.99. The number of rotatable bonds is 3. The maximum absolute atomic E-state index is 5.40. The van der Waals surface area contributed by atoms with Crippen LogP contribution in [-0.2, 0) is 4.74 Å². The van der Waals surface area contributed by atoms with Crippen LogP contribution in [0.4, 0.5) is 0 Å². The van der Waals surface area contributed by atoms with Gasteiger partial charge in [-0.15, -0.1) is 0 Å². The summed E-state index contributed by atoms with van der Waals surface area (Å²) in [5, 5.41) is 0. The lowest BCUT2D eigenvalue weighted by atomic mass is 10.2. The van der Waals surface area contributed by atoms with Crippen molar-refractivity contribution in [1.29, 1.82) is 0 Å². The number of aromatic amines is 1. The number of aliphatic imine (C=N–C) groups is 1. The summed E-state index contributed by atoms with van der Waals surface area (Å²) in [4.78, 5) is 7.93. The van der Waals surface area contributed by atoms with Gasteiger partial charge < -0.3 is 14.1 Å². The van der Waals surface area contributed by atoms with Gasteiger partial charge in [0.05, 0.1) is 25.3 Å². The topological polar surface area (TPSA) is 50.5 Å². The average molecular weight is 268 g/mol. The minimum atomic E-state index is 0.757. The maximum Gasteiger partial charge on any atom is 0.146 e. The molecule has 0 saturated heterocycles. The standard InChI is InChI=1S/C16H16N2O2/c1-10-6-11(2)17-13(10)7-15-16(19-3)8-14(18-15)12-4-5-20-9-12/h4-9,17H,1-3H3/b15-7+. The molecule has 0 spiro atoms. The number of methoxy groups -OCH3 is 1. The molecule has 1 N–H and O–H groups in total. The molecule has 2 aromatic heterocycles. The van der Waals surface area contributed by atoms with Gasteiger partial charge in [0.1, 0.15) is 11.5 Å². The molecule has 2 aromatic rings. The molecule has 0 amide bonds. The van der Waals surface area contributed by atoms with Gasteiger partial charge in [0.25, 0.3) is 0 Å². The molecule has 0 saturated carbocycles. The van der Waals surface area contributed by atoms with Crippen LogP contribution in [-0.4, -0.2) is 17.8 Å². The predicted octanol–water partition coefficient (Wildman–Crippen LogP) is 3.60. The first-order valence-corrected chi connectivity index (χ1v) is 6.42. The molecule has 0 radical (unpaired) electrons. The van der Waals surface area contributed by atoms with E-state index in [9.17, 15) is 0 Å². The Morgan fingerprint density at radius 1 is 1.35 bits per heavy atom. The summed E-state index contributed by atoms with van der Waals surface area (Å²) in [7, 11) is 1.65. The number of nitrogens with zero attached hydrogens (tertiary/aromatic N) is 1. The number of hydrogen-bond acceptors (Lipinski definition) is 3. The van der Waals surface area contributed by atoms with Crippen LogP contribution in [0, 0.1) is 13.8 Å². The first-order chi connectivity index (χ1) is 9.67. The zero-order valence-corrected chi connectivity index (χ0v) is 11.7. The Bertz CT molecular complexity index is 716. The molecule has 102 valence electrons.